The molecule has 4 aromatic heterocycles. The number of hydrogen-bond acceptors (Lipinski definition) is 6. The Morgan fingerprint density at radius 2 is 1.93 bits per heavy atom. The van der Waals surface area contributed by atoms with Crippen molar-refractivity contribution in [2.75, 3.05) is 10.6 Å². The summed E-state index contributed by atoms with van der Waals surface area (Å²) in [6, 6.07) is 10.3. The Bertz CT molecular complexity index is 1240. The zero-order chi connectivity index (χ0) is 21.3. The van der Waals surface area contributed by atoms with Crippen LogP contribution in [0.2, 0.25) is 0 Å². The molecule has 0 radical (unpaired) electrons. The summed E-state index contributed by atoms with van der Waals surface area (Å²) in [4.78, 5) is 23.3. The number of rotatable bonds is 4. The summed E-state index contributed by atoms with van der Waals surface area (Å²) >= 11 is 0. The van der Waals surface area contributed by atoms with E-state index in [1.54, 1.807) is 30.5 Å². The van der Waals surface area contributed by atoms with Gasteiger partial charge in [0.15, 0.2) is 5.82 Å². The second-order valence-electron chi connectivity index (χ2n) is 6.26. The molecular weight excluding hydrogens is 399 g/mol. The van der Waals surface area contributed by atoms with Crippen LogP contribution in [0.25, 0.3) is 17.0 Å². The lowest BCUT2D eigenvalue weighted by Gasteiger charge is -2.11. The zero-order valence-corrected chi connectivity index (χ0v) is 15.5. The van der Waals surface area contributed by atoms with Crippen molar-refractivity contribution in [3.63, 3.8) is 0 Å². The molecule has 8 nitrogen and oxygen atoms in total. The van der Waals surface area contributed by atoms with Crippen molar-refractivity contribution in [2.24, 2.45) is 0 Å². The molecular formula is C19H14F3N7O. The lowest BCUT2D eigenvalue weighted by molar-refractivity contribution is -0.141. The second kappa shape index (κ2) is 7.43. The van der Waals surface area contributed by atoms with E-state index in [2.05, 4.69) is 30.7 Å². The molecule has 30 heavy (non-hydrogen) atoms. The Morgan fingerprint density at radius 1 is 1.10 bits per heavy atom. The SMILES string of the molecule is CC(=O)Nc1cc(Nc2nc(-c3cccc(C(F)(F)F)n3)nn3cccc23)ccn1. The quantitative estimate of drug-likeness (QED) is 0.527. The number of pyridine rings is 2. The minimum atomic E-state index is -4.58. The van der Waals surface area contributed by atoms with Gasteiger partial charge in [0.2, 0.25) is 11.7 Å². The van der Waals surface area contributed by atoms with Gasteiger partial charge < -0.3 is 10.6 Å². The average Bonchev–Trinajstić information content (AvgIpc) is 3.16. The van der Waals surface area contributed by atoms with Crippen LogP contribution in [0.1, 0.15) is 12.6 Å². The van der Waals surface area contributed by atoms with Crippen molar-refractivity contribution in [3.8, 4) is 11.5 Å². The molecule has 0 aromatic carbocycles. The van der Waals surface area contributed by atoms with Gasteiger partial charge in [-0.25, -0.2) is 19.5 Å². The van der Waals surface area contributed by atoms with Crippen molar-refractivity contribution < 1.29 is 18.0 Å². The molecule has 0 bridgehead atoms. The number of anilines is 3. The topological polar surface area (TPSA) is 97.1 Å². The minimum absolute atomic E-state index is 0.0165. The molecule has 0 aliphatic rings. The Kier molecular flexibility index (Phi) is 4.78. The molecule has 0 unspecified atom stereocenters. The van der Waals surface area contributed by atoms with Crippen LogP contribution in [0.4, 0.5) is 30.5 Å². The van der Waals surface area contributed by atoms with E-state index in [0.29, 0.717) is 22.8 Å². The van der Waals surface area contributed by atoms with Crippen molar-refractivity contribution >= 4 is 28.7 Å². The van der Waals surface area contributed by atoms with Crippen LogP contribution in [-0.2, 0) is 11.0 Å². The second-order valence-corrected chi connectivity index (χ2v) is 6.26. The number of carbonyl (C=O) groups excluding carboxylic acids is 1. The van der Waals surface area contributed by atoms with E-state index in [1.807, 2.05) is 0 Å². The van der Waals surface area contributed by atoms with Crippen LogP contribution in [0, 0.1) is 0 Å². The highest BCUT2D eigenvalue weighted by atomic mass is 19.4. The number of halogens is 3. The zero-order valence-electron chi connectivity index (χ0n) is 15.5. The number of nitrogens with one attached hydrogen (secondary N) is 2. The summed E-state index contributed by atoms with van der Waals surface area (Å²) < 4.78 is 40.6. The highest BCUT2D eigenvalue weighted by molar-refractivity contribution is 5.88. The molecule has 1 amide bonds. The van der Waals surface area contributed by atoms with E-state index in [0.717, 1.165) is 6.07 Å². The minimum Gasteiger partial charge on any atom is -0.338 e. The van der Waals surface area contributed by atoms with Gasteiger partial charge in [0, 0.05) is 31.1 Å². The lowest BCUT2D eigenvalue weighted by Crippen LogP contribution is -2.10. The first-order valence-corrected chi connectivity index (χ1v) is 8.70. The summed E-state index contributed by atoms with van der Waals surface area (Å²) in [5.41, 5.74) is 0.124. The number of carbonyl (C=O) groups is 1. The van der Waals surface area contributed by atoms with Crippen LogP contribution >= 0.6 is 0 Å². The predicted molar refractivity (Wildman–Crippen MR) is 103 cm³/mol. The highest BCUT2D eigenvalue weighted by Gasteiger charge is 2.32. The maximum atomic E-state index is 13.0. The van der Waals surface area contributed by atoms with Gasteiger partial charge in [0.25, 0.3) is 0 Å². The van der Waals surface area contributed by atoms with Gasteiger partial charge in [-0.15, -0.1) is 5.10 Å². The molecule has 4 heterocycles. The third-order valence-corrected chi connectivity index (χ3v) is 3.99. The predicted octanol–water partition coefficient (Wildman–Crippen LogP) is 3.91. The van der Waals surface area contributed by atoms with Crippen molar-refractivity contribution in [3.05, 3.63) is 60.6 Å². The molecule has 11 heteroatoms. The van der Waals surface area contributed by atoms with Crippen LogP contribution in [0.5, 0.6) is 0 Å². The molecule has 0 aliphatic carbocycles. The van der Waals surface area contributed by atoms with Crippen molar-refractivity contribution in [1.82, 2.24) is 24.6 Å². The van der Waals surface area contributed by atoms with Crippen LogP contribution in [-0.4, -0.2) is 30.5 Å². The smallest absolute Gasteiger partial charge is 0.338 e. The molecule has 0 fully saturated rings. The van der Waals surface area contributed by atoms with E-state index in [-0.39, 0.29) is 17.4 Å². The fraction of sp³-hybridized carbons (Fsp3) is 0.105. The molecule has 0 saturated heterocycles. The van der Waals surface area contributed by atoms with Gasteiger partial charge in [0.05, 0.1) is 0 Å². The Labute approximate surface area is 167 Å². The van der Waals surface area contributed by atoms with Gasteiger partial charge in [0.1, 0.15) is 22.7 Å². The molecule has 0 atom stereocenters. The Morgan fingerprint density at radius 3 is 2.70 bits per heavy atom. The molecule has 0 saturated carbocycles. The van der Waals surface area contributed by atoms with Crippen LogP contribution in [0.15, 0.2) is 54.9 Å². The number of fused-ring (bicyclic) bond motifs is 1. The summed E-state index contributed by atoms with van der Waals surface area (Å²) in [6.07, 6.45) is -1.43. The van der Waals surface area contributed by atoms with Crippen LogP contribution < -0.4 is 10.6 Å². The number of nitrogens with zero attached hydrogens (tertiary/aromatic N) is 5. The first kappa shape index (κ1) is 19.3. The maximum Gasteiger partial charge on any atom is 0.433 e. The molecule has 152 valence electrons. The normalized spacial score (nSPS) is 11.5. The summed E-state index contributed by atoms with van der Waals surface area (Å²) in [5.74, 6) is 0.439. The van der Waals surface area contributed by atoms with Crippen molar-refractivity contribution in [2.45, 2.75) is 13.1 Å². The van der Waals surface area contributed by atoms with E-state index >= 15 is 0 Å². The largest absolute Gasteiger partial charge is 0.433 e. The highest BCUT2D eigenvalue weighted by Crippen LogP contribution is 2.29. The number of amides is 1. The summed E-state index contributed by atoms with van der Waals surface area (Å²) in [6.45, 7) is 1.37. The average molecular weight is 413 g/mol. The molecule has 4 rings (SSSR count). The van der Waals surface area contributed by atoms with E-state index < -0.39 is 11.9 Å². The van der Waals surface area contributed by atoms with Gasteiger partial charge >= 0.3 is 6.18 Å². The number of aromatic nitrogens is 5. The Balaban J connectivity index is 1.75. The third kappa shape index (κ3) is 4.04. The summed E-state index contributed by atoms with van der Waals surface area (Å²) in [7, 11) is 0. The molecule has 2 N–H and O–H groups in total. The lowest BCUT2D eigenvalue weighted by atomic mass is 10.3. The molecule has 0 spiro atoms. The monoisotopic (exact) mass is 413 g/mol. The van der Waals surface area contributed by atoms with Crippen molar-refractivity contribution in [1.29, 1.82) is 0 Å². The van der Waals surface area contributed by atoms with Gasteiger partial charge in [-0.1, -0.05) is 6.07 Å². The van der Waals surface area contributed by atoms with E-state index in [9.17, 15) is 18.0 Å². The van der Waals surface area contributed by atoms with Crippen LogP contribution in [0.3, 0.4) is 0 Å². The fourth-order valence-corrected chi connectivity index (χ4v) is 2.75. The van der Waals surface area contributed by atoms with Gasteiger partial charge in [-0.3, -0.25) is 4.79 Å². The van der Waals surface area contributed by atoms with Gasteiger partial charge in [-0.05, 0) is 30.3 Å². The number of alkyl halides is 3. The molecule has 0 aliphatic heterocycles. The maximum absolute atomic E-state index is 13.0. The summed E-state index contributed by atoms with van der Waals surface area (Å²) in [5, 5.41) is 9.92. The first-order valence-electron chi connectivity index (χ1n) is 8.70. The number of hydrogen-bond donors (Lipinski definition) is 2. The van der Waals surface area contributed by atoms with E-state index in [1.165, 1.54) is 29.8 Å². The molecule has 4 aromatic rings. The Hall–Kier alpha value is -4.02. The first-order chi connectivity index (χ1) is 14.3. The van der Waals surface area contributed by atoms with E-state index in [4.69, 9.17) is 0 Å². The third-order valence-electron chi connectivity index (χ3n) is 3.99. The van der Waals surface area contributed by atoms with Gasteiger partial charge in [-0.2, -0.15) is 13.2 Å². The standard InChI is InChI=1S/C19H14F3N7O/c1-11(30)24-16-10-12(7-8-23-16)25-18-14-5-3-9-29(14)28-17(27-18)13-4-2-6-15(26-13)19(20,21)22/h2-10H,1H3,(H2,23,24,25,27,28,30). The fourth-order valence-electron chi connectivity index (χ4n) is 2.75.